The van der Waals surface area contributed by atoms with E-state index >= 15 is 0 Å². The van der Waals surface area contributed by atoms with Gasteiger partial charge in [0.25, 0.3) is 0 Å². The number of methoxy groups -OCH3 is 1. The molecule has 4 aliphatic carbocycles. The van der Waals surface area contributed by atoms with Gasteiger partial charge in [0.2, 0.25) is 5.60 Å². The lowest BCUT2D eigenvalue weighted by atomic mass is 9.32. The Morgan fingerprint density at radius 2 is 1.64 bits per heavy atom. The van der Waals surface area contributed by atoms with Gasteiger partial charge in [0.05, 0.1) is 18.1 Å². The van der Waals surface area contributed by atoms with Gasteiger partial charge in [-0.2, -0.15) is 0 Å². The molecule has 13 heteroatoms. The molecule has 0 radical (unpaired) electrons. The first-order valence-corrected chi connectivity index (χ1v) is 19.1. The minimum Gasteiger partial charge on any atom is -0.467 e. The molecular weight excluding hydrogens is 712 g/mol. The van der Waals surface area contributed by atoms with Gasteiger partial charge in [-0.1, -0.05) is 56.8 Å². The molecule has 0 amide bonds. The van der Waals surface area contributed by atoms with Gasteiger partial charge in [-0.05, 0) is 73.8 Å². The SMILES string of the molecule is C=C1C[C@@]2(O)C3CC[C@]4(C)C(CC[C@@]5(C(C)OC(=O)OCc6ccccc6)COC(=O)C=C[C@H]54)[C@@]3(C)[C@H](OC(C)=O)[C@H](OC(C)=O)[C@@]2(C)[C@]2(C(=O)OC)O[C@H]12. The van der Waals surface area contributed by atoms with Crippen LogP contribution in [0.1, 0.15) is 79.2 Å². The zero-order chi connectivity index (χ0) is 39.9. The molecule has 0 bridgehead atoms. The molecule has 1 aromatic rings. The normalized spacial score (nSPS) is 42.9. The Morgan fingerprint density at radius 3 is 2.29 bits per heavy atom. The van der Waals surface area contributed by atoms with Crippen molar-refractivity contribution in [3.8, 4) is 0 Å². The van der Waals surface area contributed by atoms with Crippen LogP contribution in [-0.2, 0) is 58.9 Å². The molecule has 3 unspecified atom stereocenters. The molecule has 4 saturated carbocycles. The smallest absolute Gasteiger partial charge is 0.467 e. The minimum atomic E-state index is -1.75. The Kier molecular flexibility index (Phi) is 9.35. The molecule has 0 spiro atoms. The fraction of sp³-hybridized carbons (Fsp3) is 0.643. The number of epoxide rings is 1. The number of carbonyl (C=O) groups is 5. The summed E-state index contributed by atoms with van der Waals surface area (Å²) >= 11 is 0. The third kappa shape index (κ3) is 5.34. The summed E-state index contributed by atoms with van der Waals surface area (Å²) in [6.45, 7) is 14.3. The van der Waals surface area contributed by atoms with E-state index in [-0.39, 0.29) is 25.6 Å². The Labute approximate surface area is 321 Å². The number of benzene rings is 1. The molecule has 1 saturated heterocycles. The van der Waals surface area contributed by atoms with Gasteiger partial charge in [-0.15, -0.1) is 0 Å². The van der Waals surface area contributed by atoms with Gasteiger partial charge in [0, 0.05) is 37.2 Å². The summed E-state index contributed by atoms with van der Waals surface area (Å²) in [5.41, 5.74) is -6.44. The van der Waals surface area contributed by atoms with Gasteiger partial charge in [0.15, 0.2) is 6.10 Å². The predicted molar refractivity (Wildman–Crippen MR) is 192 cm³/mol. The monoisotopic (exact) mass is 764 g/mol. The molecule has 7 rings (SSSR count). The van der Waals surface area contributed by atoms with Crippen LogP contribution < -0.4 is 0 Å². The van der Waals surface area contributed by atoms with Gasteiger partial charge in [-0.3, -0.25) is 9.59 Å². The molecule has 1 aromatic carbocycles. The number of hydrogen-bond acceptors (Lipinski definition) is 13. The van der Waals surface area contributed by atoms with E-state index in [9.17, 15) is 29.1 Å². The molecule has 55 heavy (non-hydrogen) atoms. The number of cyclic esters (lactones) is 1. The summed E-state index contributed by atoms with van der Waals surface area (Å²) in [5, 5.41) is 13.4. The molecular formula is C42H52O13. The standard InChI is InChI=1S/C42H52O13/c1-23-20-41(48)30-16-18-37(5)28(38(30,6)33(53-25(3)43)34(54-26(4)44)39(41,7)42(32(23)55-42)35(46)49-8)17-19-40(22-51-31(45)15-14-29(37)40)24(2)52-36(47)50-21-27-12-10-9-11-13-27/h9-15,24,28-30,32-34,48H,1,16-22H2,2-8H3/t24?,28?,29-,30?,32+,33+,34-,37+,38+,39+,40-,41+,42-/m0/s1. The van der Waals surface area contributed by atoms with Crippen molar-refractivity contribution in [1.29, 1.82) is 0 Å². The minimum absolute atomic E-state index is 0.0231. The fourth-order valence-corrected chi connectivity index (χ4v) is 12.5. The Hall–Kier alpha value is -4.23. The molecule has 5 fully saturated rings. The largest absolute Gasteiger partial charge is 0.508 e. The van der Waals surface area contributed by atoms with E-state index in [1.165, 1.54) is 27.0 Å². The number of rotatable bonds is 7. The lowest BCUT2D eigenvalue weighted by molar-refractivity contribution is -0.336. The van der Waals surface area contributed by atoms with Crippen LogP contribution in [0, 0.1) is 39.4 Å². The van der Waals surface area contributed by atoms with Crippen LogP contribution in [0.3, 0.4) is 0 Å². The Morgan fingerprint density at radius 1 is 0.982 bits per heavy atom. The van der Waals surface area contributed by atoms with Crippen molar-refractivity contribution in [3.05, 3.63) is 60.2 Å². The number of allylic oxidation sites excluding steroid dienone is 1. The summed E-state index contributed by atoms with van der Waals surface area (Å²) in [7, 11) is 1.23. The van der Waals surface area contributed by atoms with E-state index in [1.54, 1.807) is 13.8 Å². The molecule has 2 heterocycles. The lowest BCUT2D eigenvalue weighted by Gasteiger charge is -2.73. The third-order valence-electron chi connectivity index (χ3n) is 14.9. The van der Waals surface area contributed by atoms with Crippen LogP contribution in [0.4, 0.5) is 4.79 Å². The molecule has 0 aromatic heterocycles. The van der Waals surface area contributed by atoms with Gasteiger partial charge in [0.1, 0.15) is 31.5 Å². The van der Waals surface area contributed by atoms with Crippen molar-refractivity contribution in [2.24, 2.45) is 39.4 Å². The zero-order valence-corrected chi connectivity index (χ0v) is 32.6. The summed E-state index contributed by atoms with van der Waals surface area (Å²) in [4.78, 5) is 66.2. The summed E-state index contributed by atoms with van der Waals surface area (Å²) in [5.74, 6) is -3.94. The first kappa shape index (κ1) is 39.0. The highest BCUT2D eigenvalue weighted by Gasteiger charge is 2.90. The molecule has 1 N–H and O–H groups in total. The predicted octanol–water partition coefficient (Wildman–Crippen LogP) is 5.16. The van der Waals surface area contributed by atoms with Crippen molar-refractivity contribution < 1.29 is 62.2 Å². The van der Waals surface area contributed by atoms with Crippen LogP contribution in [0.5, 0.6) is 0 Å². The van der Waals surface area contributed by atoms with E-state index in [4.69, 9.17) is 33.2 Å². The number of aliphatic hydroxyl groups is 1. The second kappa shape index (κ2) is 13.2. The number of esters is 4. The van der Waals surface area contributed by atoms with Crippen molar-refractivity contribution in [1.82, 2.24) is 0 Å². The highest BCUT2D eigenvalue weighted by atomic mass is 16.7. The molecule has 6 aliphatic rings. The zero-order valence-electron chi connectivity index (χ0n) is 32.6. The van der Waals surface area contributed by atoms with Crippen LogP contribution >= 0.6 is 0 Å². The van der Waals surface area contributed by atoms with Gasteiger partial charge >= 0.3 is 30.0 Å². The maximum atomic E-state index is 13.8. The lowest BCUT2D eigenvalue weighted by Crippen LogP contribution is -2.82. The fourth-order valence-electron chi connectivity index (χ4n) is 12.5. The quantitative estimate of drug-likeness (QED) is 0.167. The van der Waals surface area contributed by atoms with E-state index in [0.717, 1.165) is 5.56 Å². The molecule has 298 valence electrons. The van der Waals surface area contributed by atoms with E-state index in [1.807, 2.05) is 43.3 Å². The number of fused-ring (bicyclic) bond motifs is 9. The number of hydrogen-bond donors (Lipinski definition) is 1. The third-order valence-corrected chi connectivity index (χ3v) is 14.9. The highest BCUT2D eigenvalue weighted by molar-refractivity contribution is 5.87. The highest BCUT2D eigenvalue weighted by Crippen LogP contribution is 2.78. The summed E-state index contributed by atoms with van der Waals surface area (Å²) in [6.07, 6.45) is 0.212. The van der Waals surface area contributed by atoms with Crippen molar-refractivity contribution in [2.45, 2.75) is 116 Å². The van der Waals surface area contributed by atoms with Crippen LogP contribution in [0.25, 0.3) is 0 Å². The van der Waals surface area contributed by atoms with Gasteiger partial charge in [-0.25, -0.2) is 14.4 Å². The van der Waals surface area contributed by atoms with Crippen LogP contribution in [0.2, 0.25) is 0 Å². The first-order chi connectivity index (χ1) is 25.9. The molecule has 13 atom stereocenters. The van der Waals surface area contributed by atoms with Gasteiger partial charge < -0.3 is 38.3 Å². The van der Waals surface area contributed by atoms with E-state index in [2.05, 4.69) is 13.5 Å². The van der Waals surface area contributed by atoms with E-state index < -0.39 is 99.1 Å². The van der Waals surface area contributed by atoms with Crippen molar-refractivity contribution >= 4 is 30.0 Å². The van der Waals surface area contributed by atoms with Crippen LogP contribution in [-0.4, -0.2) is 84.5 Å². The van der Waals surface area contributed by atoms with Crippen LogP contribution in [0.15, 0.2) is 54.6 Å². The summed E-state index contributed by atoms with van der Waals surface area (Å²) < 4.78 is 41.3. The second-order valence-corrected chi connectivity index (χ2v) is 17.3. The summed E-state index contributed by atoms with van der Waals surface area (Å²) in [6, 6.07) is 9.25. The number of ether oxygens (including phenoxy) is 7. The average molecular weight is 765 g/mol. The Bertz CT molecular complexity index is 1830. The van der Waals surface area contributed by atoms with Crippen molar-refractivity contribution in [3.63, 3.8) is 0 Å². The number of carbonyl (C=O) groups excluding carboxylic acids is 5. The molecule has 2 aliphatic heterocycles. The average Bonchev–Trinajstić information content (AvgIpc) is 3.93. The maximum Gasteiger partial charge on any atom is 0.508 e. The first-order valence-electron chi connectivity index (χ1n) is 19.1. The molecule has 13 nitrogen and oxygen atoms in total. The van der Waals surface area contributed by atoms with Crippen molar-refractivity contribution in [2.75, 3.05) is 13.7 Å². The second-order valence-electron chi connectivity index (χ2n) is 17.3. The topological polar surface area (TPSA) is 173 Å². The Balaban J connectivity index is 1.32. The maximum absolute atomic E-state index is 13.8. The van der Waals surface area contributed by atoms with E-state index in [0.29, 0.717) is 31.3 Å².